The first-order chi connectivity index (χ1) is 16.2. The van der Waals surface area contributed by atoms with Crippen LogP contribution in [0.1, 0.15) is 47.9 Å². The van der Waals surface area contributed by atoms with Crippen LogP contribution in [0.4, 0.5) is 0 Å². The molecule has 33 heavy (non-hydrogen) atoms. The van der Waals surface area contributed by atoms with Gasteiger partial charge in [0, 0.05) is 22.3 Å². The van der Waals surface area contributed by atoms with Gasteiger partial charge in [0.15, 0.2) is 0 Å². The van der Waals surface area contributed by atoms with E-state index >= 15 is 0 Å². The van der Waals surface area contributed by atoms with Crippen molar-refractivity contribution in [3.63, 3.8) is 0 Å². The number of imidazole rings is 1. The lowest BCUT2D eigenvalue weighted by atomic mass is 9.78. The van der Waals surface area contributed by atoms with Gasteiger partial charge in [-0.3, -0.25) is 0 Å². The molecule has 4 heteroatoms. The summed E-state index contributed by atoms with van der Waals surface area (Å²) in [6.45, 7) is 0. The number of aryl methyl sites for hydroxylation is 2. The number of rotatable bonds is 3. The number of aromatic nitrogens is 2. The quantitative estimate of drug-likeness (QED) is 0.340. The van der Waals surface area contributed by atoms with Gasteiger partial charge in [-0.15, -0.1) is 0 Å². The van der Waals surface area contributed by atoms with Crippen LogP contribution in [0.2, 0.25) is 0 Å². The van der Waals surface area contributed by atoms with E-state index in [1.165, 1.54) is 28.7 Å². The molecule has 0 saturated carbocycles. The average molecular weight is 437 g/mol. The number of H-pyrrole nitrogens is 1. The van der Waals surface area contributed by atoms with Crippen molar-refractivity contribution in [1.82, 2.24) is 9.97 Å². The third-order valence-electron chi connectivity index (χ3n) is 7.39. The SMILES string of the molecule is Oc1ccc2c(c1-c1c(O)c(-c3ccccc3-c3cnc[nH]3)cc3c1CCCC3)CCCC2. The molecular weight excluding hydrogens is 408 g/mol. The maximum atomic E-state index is 11.9. The minimum Gasteiger partial charge on any atom is -0.507 e. The molecule has 0 spiro atoms. The Bertz CT molecular complexity index is 1340. The molecule has 4 nitrogen and oxygen atoms in total. The first-order valence-electron chi connectivity index (χ1n) is 12.0. The number of hydrogen-bond donors (Lipinski definition) is 3. The van der Waals surface area contributed by atoms with E-state index in [-0.39, 0.29) is 11.5 Å². The summed E-state index contributed by atoms with van der Waals surface area (Å²) in [4.78, 5) is 7.41. The third-order valence-corrected chi connectivity index (χ3v) is 7.39. The highest BCUT2D eigenvalue weighted by Crippen LogP contribution is 2.50. The molecule has 4 aromatic rings. The van der Waals surface area contributed by atoms with Crippen molar-refractivity contribution in [3.05, 3.63) is 77.2 Å². The van der Waals surface area contributed by atoms with Gasteiger partial charge in [0.05, 0.1) is 18.2 Å². The number of phenols is 2. The van der Waals surface area contributed by atoms with Crippen LogP contribution in [0, 0.1) is 0 Å². The molecule has 2 aliphatic rings. The highest BCUT2D eigenvalue weighted by Gasteiger charge is 2.28. The van der Waals surface area contributed by atoms with Crippen molar-refractivity contribution in [2.24, 2.45) is 0 Å². The van der Waals surface area contributed by atoms with Crippen LogP contribution in [0.25, 0.3) is 33.5 Å². The minimum absolute atomic E-state index is 0.275. The van der Waals surface area contributed by atoms with E-state index in [2.05, 4.69) is 34.2 Å². The zero-order valence-electron chi connectivity index (χ0n) is 18.7. The Hall–Kier alpha value is -3.53. The lowest BCUT2D eigenvalue weighted by molar-refractivity contribution is 0.467. The second-order valence-corrected chi connectivity index (χ2v) is 9.31. The summed E-state index contributed by atoms with van der Waals surface area (Å²) < 4.78 is 0. The maximum Gasteiger partial charge on any atom is 0.131 e. The molecule has 0 saturated heterocycles. The van der Waals surface area contributed by atoms with Gasteiger partial charge < -0.3 is 15.2 Å². The lowest BCUT2D eigenvalue weighted by Crippen LogP contribution is -2.09. The fraction of sp³-hybridized carbons (Fsp3) is 0.276. The van der Waals surface area contributed by atoms with Crippen LogP contribution in [-0.4, -0.2) is 20.2 Å². The number of aromatic amines is 1. The summed E-state index contributed by atoms with van der Waals surface area (Å²) in [6, 6.07) is 14.2. The van der Waals surface area contributed by atoms with Gasteiger partial charge in [-0.2, -0.15) is 0 Å². The monoisotopic (exact) mass is 436 g/mol. The molecule has 3 N–H and O–H groups in total. The van der Waals surface area contributed by atoms with Gasteiger partial charge in [-0.05, 0) is 91.3 Å². The number of benzene rings is 3. The summed E-state index contributed by atoms with van der Waals surface area (Å²) in [7, 11) is 0. The Balaban J connectivity index is 1.66. The summed E-state index contributed by atoms with van der Waals surface area (Å²) in [5.74, 6) is 0.551. The minimum atomic E-state index is 0.275. The first-order valence-corrected chi connectivity index (χ1v) is 12.0. The van der Waals surface area contributed by atoms with Crippen molar-refractivity contribution in [3.8, 4) is 45.0 Å². The molecule has 0 atom stereocenters. The van der Waals surface area contributed by atoms with Gasteiger partial charge in [0.2, 0.25) is 0 Å². The van der Waals surface area contributed by atoms with E-state index in [1.807, 2.05) is 24.4 Å². The normalized spacial score (nSPS) is 15.2. The molecule has 0 unspecified atom stereocenters. The second-order valence-electron chi connectivity index (χ2n) is 9.31. The summed E-state index contributed by atoms with van der Waals surface area (Å²) in [5.41, 5.74) is 10.4. The van der Waals surface area contributed by atoms with E-state index in [4.69, 9.17) is 0 Å². The van der Waals surface area contributed by atoms with Crippen LogP contribution in [0.15, 0.2) is 55.0 Å². The number of nitrogens with zero attached hydrogens (tertiary/aromatic N) is 1. The number of aromatic hydroxyl groups is 2. The predicted molar refractivity (Wildman–Crippen MR) is 132 cm³/mol. The van der Waals surface area contributed by atoms with Crippen molar-refractivity contribution in [2.75, 3.05) is 0 Å². The molecule has 0 bridgehead atoms. The molecule has 6 rings (SSSR count). The van der Waals surface area contributed by atoms with Gasteiger partial charge in [-0.25, -0.2) is 4.98 Å². The lowest BCUT2D eigenvalue weighted by Gasteiger charge is -2.27. The smallest absolute Gasteiger partial charge is 0.131 e. The topological polar surface area (TPSA) is 69.1 Å². The van der Waals surface area contributed by atoms with Crippen LogP contribution in [-0.2, 0) is 25.7 Å². The number of hydrogen-bond acceptors (Lipinski definition) is 3. The van der Waals surface area contributed by atoms with E-state index in [0.717, 1.165) is 78.5 Å². The maximum absolute atomic E-state index is 11.9. The fourth-order valence-electron chi connectivity index (χ4n) is 5.82. The van der Waals surface area contributed by atoms with Crippen LogP contribution in [0.3, 0.4) is 0 Å². The molecule has 0 amide bonds. The highest BCUT2D eigenvalue weighted by molar-refractivity contribution is 5.93. The van der Waals surface area contributed by atoms with Crippen LogP contribution >= 0.6 is 0 Å². The Labute approximate surface area is 194 Å². The number of phenolic OH excluding ortho intramolecular Hbond substituents is 2. The Morgan fingerprint density at radius 2 is 1.39 bits per heavy atom. The van der Waals surface area contributed by atoms with Crippen LogP contribution < -0.4 is 0 Å². The molecule has 3 aromatic carbocycles. The fourth-order valence-corrected chi connectivity index (χ4v) is 5.82. The highest BCUT2D eigenvalue weighted by atomic mass is 16.3. The average Bonchev–Trinajstić information content (AvgIpc) is 3.39. The van der Waals surface area contributed by atoms with Crippen molar-refractivity contribution < 1.29 is 10.2 Å². The molecule has 1 aromatic heterocycles. The van der Waals surface area contributed by atoms with E-state index < -0.39 is 0 Å². The second kappa shape index (κ2) is 8.11. The molecule has 0 radical (unpaired) electrons. The molecule has 0 aliphatic heterocycles. The van der Waals surface area contributed by atoms with E-state index in [0.29, 0.717) is 0 Å². The van der Waals surface area contributed by atoms with Crippen molar-refractivity contribution >= 4 is 0 Å². The van der Waals surface area contributed by atoms with Crippen LogP contribution in [0.5, 0.6) is 11.5 Å². The van der Waals surface area contributed by atoms with Crippen molar-refractivity contribution in [1.29, 1.82) is 0 Å². The Morgan fingerprint density at radius 3 is 2.15 bits per heavy atom. The molecule has 0 fully saturated rings. The molecule has 166 valence electrons. The Kier molecular flexibility index (Phi) is 4.94. The zero-order chi connectivity index (χ0) is 22.4. The third kappa shape index (κ3) is 3.32. The zero-order valence-corrected chi connectivity index (χ0v) is 18.7. The molecule has 2 aliphatic carbocycles. The van der Waals surface area contributed by atoms with Gasteiger partial charge in [0.25, 0.3) is 0 Å². The van der Waals surface area contributed by atoms with Gasteiger partial charge >= 0.3 is 0 Å². The van der Waals surface area contributed by atoms with E-state index in [9.17, 15) is 10.2 Å². The largest absolute Gasteiger partial charge is 0.507 e. The number of fused-ring (bicyclic) bond motifs is 2. The predicted octanol–water partition coefficient (Wildman–Crippen LogP) is 6.58. The summed E-state index contributed by atoms with van der Waals surface area (Å²) in [5, 5.41) is 23.0. The van der Waals surface area contributed by atoms with Gasteiger partial charge in [0.1, 0.15) is 11.5 Å². The molecular formula is C29H28N2O2. The van der Waals surface area contributed by atoms with Gasteiger partial charge in [-0.1, -0.05) is 30.3 Å². The summed E-state index contributed by atoms with van der Waals surface area (Å²) in [6.07, 6.45) is 12.0. The standard InChI is InChI=1S/C29H28N2O2/c32-26-14-13-18-7-1-3-9-20(18)27(26)28-21-10-4-2-8-19(21)15-24(29(28)33)22-11-5-6-12-23(22)25-16-30-17-31-25/h5-6,11-17,32-33H,1-4,7-10H2,(H,30,31). The van der Waals surface area contributed by atoms with E-state index in [1.54, 1.807) is 6.33 Å². The Morgan fingerprint density at radius 1 is 0.697 bits per heavy atom. The first kappa shape index (κ1) is 20.1. The summed E-state index contributed by atoms with van der Waals surface area (Å²) >= 11 is 0. The molecule has 1 heterocycles. The van der Waals surface area contributed by atoms with Crippen molar-refractivity contribution in [2.45, 2.75) is 51.4 Å². The number of nitrogens with one attached hydrogen (secondary N) is 1.